The van der Waals surface area contributed by atoms with Crippen molar-refractivity contribution in [1.29, 1.82) is 0 Å². The zero-order valence-corrected chi connectivity index (χ0v) is 13.2. The first-order valence-corrected chi connectivity index (χ1v) is 7.32. The minimum atomic E-state index is -0.309. The number of furan rings is 1. The smallest absolute Gasteiger partial charge is 0.287 e. The maximum absolute atomic E-state index is 11.9. The molecule has 0 aliphatic rings. The van der Waals surface area contributed by atoms with Crippen molar-refractivity contribution in [3.8, 4) is 11.5 Å². The highest BCUT2D eigenvalue weighted by atomic mass is 35.5. The van der Waals surface area contributed by atoms with E-state index in [2.05, 4.69) is 5.32 Å². The van der Waals surface area contributed by atoms with Gasteiger partial charge < -0.3 is 19.6 Å². The molecule has 0 aliphatic carbocycles. The van der Waals surface area contributed by atoms with Gasteiger partial charge in [-0.3, -0.25) is 4.79 Å². The first-order chi connectivity index (χ1) is 10.5. The van der Waals surface area contributed by atoms with Gasteiger partial charge in [-0.15, -0.1) is 11.6 Å². The van der Waals surface area contributed by atoms with Crippen LogP contribution in [0.5, 0.6) is 11.5 Å². The summed E-state index contributed by atoms with van der Waals surface area (Å²) in [5, 5.41) is 12.3. The summed E-state index contributed by atoms with van der Waals surface area (Å²) in [5.74, 6) is 1.20. The molecule has 0 radical (unpaired) electrons. The lowest BCUT2D eigenvalue weighted by Crippen LogP contribution is -2.25. The van der Waals surface area contributed by atoms with Crippen LogP contribution in [0, 0.1) is 0 Å². The Balaban J connectivity index is 1.89. The molecule has 0 saturated heterocycles. The van der Waals surface area contributed by atoms with Crippen LogP contribution in [0.25, 0.3) is 0 Å². The van der Waals surface area contributed by atoms with Crippen LogP contribution in [0.15, 0.2) is 34.7 Å². The molecule has 1 amide bonds. The van der Waals surface area contributed by atoms with Gasteiger partial charge in [0.25, 0.3) is 5.91 Å². The van der Waals surface area contributed by atoms with Gasteiger partial charge in [0.1, 0.15) is 17.3 Å². The van der Waals surface area contributed by atoms with Crippen LogP contribution in [-0.4, -0.2) is 24.7 Å². The van der Waals surface area contributed by atoms with Crippen LogP contribution in [0.3, 0.4) is 0 Å². The molecule has 0 spiro atoms. The molecule has 1 aromatic heterocycles. The Kier molecular flexibility index (Phi) is 5.33. The molecule has 0 aliphatic heterocycles. The van der Waals surface area contributed by atoms with Gasteiger partial charge in [0.05, 0.1) is 12.5 Å². The van der Waals surface area contributed by atoms with Gasteiger partial charge >= 0.3 is 0 Å². The van der Waals surface area contributed by atoms with Crippen LogP contribution in [0.2, 0.25) is 0 Å². The minimum absolute atomic E-state index is 0.143. The summed E-state index contributed by atoms with van der Waals surface area (Å²) in [4.78, 5) is 11.9. The standard InChI is InChI=1S/C16H18ClNO4/c1-10(17)14-5-6-15(22-14)16(20)18-8-7-11-3-4-12(21-2)9-13(11)19/h3-6,9-10,19H,7-8H2,1-2H3,(H,18,20). The summed E-state index contributed by atoms with van der Waals surface area (Å²) in [6.45, 7) is 2.15. The van der Waals surface area contributed by atoms with Crippen molar-refractivity contribution >= 4 is 17.5 Å². The summed E-state index contributed by atoms with van der Waals surface area (Å²) in [5.41, 5.74) is 0.732. The van der Waals surface area contributed by atoms with E-state index in [1.165, 1.54) is 13.2 Å². The molecule has 0 bridgehead atoms. The zero-order chi connectivity index (χ0) is 16.1. The van der Waals surface area contributed by atoms with E-state index in [0.29, 0.717) is 24.5 Å². The summed E-state index contributed by atoms with van der Waals surface area (Å²) in [6, 6.07) is 8.34. The predicted molar refractivity (Wildman–Crippen MR) is 83.7 cm³/mol. The number of phenolic OH excluding ortho intramolecular Hbond substituents is 1. The second-order valence-corrected chi connectivity index (χ2v) is 5.47. The average molecular weight is 324 g/mol. The number of hydrogen-bond donors (Lipinski definition) is 2. The molecule has 1 unspecified atom stereocenters. The molecule has 2 aromatic rings. The Labute approximate surface area is 133 Å². The fraction of sp³-hybridized carbons (Fsp3) is 0.312. The Morgan fingerprint density at radius 1 is 1.41 bits per heavy atom. The van der Waals surface area contributed by atoms with E-state index in [4.69, 9.17) is 20.8 Å². The Bertz CT molecular complexity index is 651. The number of carbonyl (C=O) groups excluding carboxylic acids is 1. The topological polar surface area (TPSA) is 71.7 Å². The number of halogens is 1. The van der Waals surface area contributed by atoms with Crippen LogP contribution >= 0.6 is 11.6 Å². The molecule has 6 heteroatoms. The Morgan fingerprint density at radius 2 is 2.18 bits per heavy atom. The van der Waals surface area contributed by atoms with Crippen LogP contribution < -0.4 is 10.1 Å². The number of amides is 1. The van der Waals surface area contributed by atoms with Crippen molar-refractivity contribution in [3.63, 3.8) is 0 Å². The fourth-order valence-corrected chi connectivity index (χ4v) is 2.09. The third-order valence-corrected chi connectivity index (χ3v) is 3.43. The van der Waals surface area contributed by atoms with E-state index in [1.807, 2.05) is 0 Å². The second kappa shape index (κ2) is 7.22. The van der Waals surface area contributed by atoms with Crippen molar-refractivity contribution in [2.24, 2.45) is 0 Å². The number of alkyl halides is 1. The summed E-state index contributed by atoms with van der Waals surface area (Å²) < 4.78 is 10.4. The largest absolute Gasteiger partial charge is 0.508 e. The van der Waals surface area contributed by atoms with Crippen molar-refractivity contribution in [2.45, 2.75) is 18.7 Å². The second-order valence-electron chi connectivity index (χ2n) is 4.82. The van der Waals surface area contributed by atoms with Gasteiger partial charge in [0, 0.05) is 12.6 Å². The fourth-order valence-electron chi connectivity index (χ4n) is 1.97. The summed E-state index contributed by atoms with van der Waals surface area (Å²) >= 11 is 5.88. The number of methoxy groups -OCH3 is 1. The quantitative estimate of drug-likeness (QED) is 0.800. The molecule has 2 rings (SSSR count). The lowest BCUT2D eigenvalue weighted by molar-refractivity contribution is 0.0924. The van der Waals surface area contributed by atoms with Gasteiger partial charge in [-0.25, -0.2) is 0 Å². The molecule has 2 N–H and O–H groups in total. The van der Waals surface area contributed by atoms with E-state index in [9.17, 15) is 9.90 Å². The predicted octanol–water partition coefficient (Wildman–Crippen LogP) is 3.27. The van der Waals surface area contributed by atoms with Crippen molar-refractivity contribution in [1.82, 2.24) is 5.32 Å². The number of aromatic hydroxyl groups is 1. The van der Waals surface area contributed by atoms with E-state index in [-0.39, 0.29) is 22.8 Å². The number of benzene rings is 1. The summed E-state index contributed by atoms with van der Waals surface area (Å²) in [6.07, 6.45) is 0.501. The van der Waals surface area contributed by atoms with Crippen LogP contribution in [0.1, 0.15) is 34.2 Å². The lowest BCUT2D eigenvalue weighted by atomic mass is 10.1. The number of carbonyl (C=O) groups is 1. The molecular formula is C16H18ClNO4. The van der Waals surface area contributed by atoms with Crippen LogP contribution in [-0.2, 0) is 6.42 Å². The van der Waals surface area contributed by atoms with Crippen molar-refractivity contribution in [2.75, 3.05) is 13.7 Å². The molecule has 0 fully saturated rings. The maximum Gasteiger partial charge on any atom is 0.287 e. The molecule has 5 nitrogen and oxygen atoms in total. The molecular weight excluding hydrogens is 306 g/mol. The number of phenols is 1. The summed E-state index contributed by atoms with van der Waals surface area (Å²) in [7, 11) is 1.54. The Hall–Kier alpha value is -2.14. The highest BCUT2D eigenvalue weighted by Gasteiger charge is 2.13. The van der Waals surface area contributed by atoms with Gasteiger partial charge in [0.15, 0.2) is 5.76 Å². The van der Waals surface area contributed by atoms with Gasteiger partial charge in [0.2, 0.25) is 0 Å². The number of rotatable bonds is 6. The number of nitrogens with one attached hydrogen (secondary N) is 1. The van der Waals surface area contributed by atoms with Crippen molar-refractivity contribution < 1.29 is 19.1 Å². The van der Waals surface area contributed by atoms with Crippen LogP contribution in [0.4, 0.5) is 0 Å². The third-order valence-electron chi connectivity index (χ3n) is 3.21. The third kappa shape index (κ3) is 3.95. The highest BCUT2D eigenvalue weighted by Crippen LogP contribution is 2.24. The number of ether oxygens (including phenoxy) is 1. The monoisotopic (exact) mass is 323 g/mol. The van der Waals surface area contributed by atoms with Gasteiger partial charge in [-0.1, -0.05) is 6.07 Å². The highest BCUT2D eigenvalue weighted by molar-refractivity contribution is 6.20. The van der Waals surface area contributed by atoms with Gasteiger partial charge in [-0.2, -0.15) is 0 Å². The van der Waals surface area contributed by atoms with E-state index in [1.54, 1.807) is 31.2 Å². The minimum Gasteiger partial charge on any atom is -0.508 e. The molecule has 0 saturated carbocycles. The lowest BCUT2D eigenvalue weighted by Gasteiger charge is -2.07. The van der Waals surface area contributed by atoms with E-state index >= 15 is 0 Å². The molecule has 1 aromatic carbocycles. The Morgan fingerprint density at radius 3 is 2.77 bits per heavy atom. The van der Waals surface area contributed by atoms with Gasteiger partial charge in [-0.05, 0) is 37.1 Å². The van der Waals surface area contributed by atoms with E-state index in [0.717, 1.165) is 5.56 Å². The normalized spacial score (nSPS) is 12.0. The molecule has 22 heavy (non-hydrogen) atoms. The van der Waals surface area contributed by atoms with Crippen molar-refractivity contribution in [3.05, 3.63) is 47.4 Å². The molecule has 1 heterocycles. The number of hydrogen-bond acceptors (Lipinski definition) is 4. The molecule has 1 atom stereocenters. The average Bonchev–Trinajstić information content (AvgIpc) is 2.99. The first kappa shape index (κ1) is 16.2. The maximum atomic E-state index is 11.9. The van der Waals surface area contributed by atoms with E-state index < -0.39 is 0 Å². The zero-order valence-electron chi connectivity index (χ0n) is 12.4. The SMILES string of the molecule is COc1ccc(CCNC(=O)c2ccc(C(C)Cl)o2)c(O)c1. The molecule has 118 valence electrons. The first-order valence-electron chi connectivity index (χ1n) is 6.89.